The quantitative estimate of drug-likeness (QED) is 0.795. The summed E-state index contributed by atoms with van der Waals surface area (Å²) in [5, 5.41) is 6.20. The molecule has 7 heteroatoms. The molecule has 1 saturated heterocycles. The van der Waals surface area contributed by atoms with Gasteiger partial charge in [0.15, 0.2) is 0 Å². The first-order valence-electron chi connectivity index (χ1n) is 9.23. The normalized spacial score (nSPS) is 15.2. The second kappa shape index (κ2) is 8.85. The highest BCUT2D eigenvalue weighted by Gasteiger charge is 2.30. The number of carbonyl (C=O) groups is 2. The molecule has 1 N–H and O–H groups in total. The minimum absolute atomic E-state index is 0.0193. The molecule has 1 atom stereocenters. The van der Waals surface area contributed by atoms with Gasteiger partial charge in [0.1, 0.15) is 11.0 Å². The smallest absolute Gasteiger partial charge is 0.245 e. The fraction of sp³-hybridized carbons (Fsp3) is 0.450. The molecular formula is C20H24ClN3O2S. The molecule has 0 spiro atoms. The van der Waals surface area contributed by atoms with E-state index in [4.69, 9.17) is 11.6 Å². The molecule has 0 unspecified atom stereocenters. The highest BCUT2D eigenvalue weighted by molar-refractivity contribution is 7.13. The van der Waals surface area contributed by atoms with Gasteiger partial charge in [-0.15, -0.1) is 11.3 Å². The van der Waals surface area contributed by atoms with Crippen LogP contribution in [-0.2, 0) is 16.0 Å². The van der Waals surface area contributed by atoms with E-state index >= 15 is 0 Å². The Kier molecular flexibility index (Phi) is 6.50. The molecule has 2 amide bonds. The second-order valence-electron chi connectivity index (χ2n) is 7.12. The number of carbonyl (C=O) groups excluding carboxylic acids is 2. The maximum atomic E-state index is 12.7. The number of nitrogens with one attached hydrogen (secondary N) is 1. The van der Waals surface area contributed by atoms with Gasteiger partial charge in [-0.1, -0.05) is 43.6 Å². The van der Waals surface area contributed by atoms with E-state index in [2.05, 4.69) is 10.3 Å². The molecule has 27 heavy (non-hydrogen) atoms. The standard InChI is InChI=1S/C20H24ClN3O2S/c1-13(2)18(20(26)24-9-5-6-10-24)23-17(25)11-14-12-27-19(22-14)15-7-3-4-8-16(15)21/h3-4,7-8,12-13,18H,5-6,9-11H2,1-2H3,(H,23,25)/t18-/m0/s1. The lowest BCUT2D eigenvalue weighted by atomic mass is 10.0. The first-order valence-corrected chi connectivity index (χ1v) is 10.5. The molecule has 1 aliphatic heterocycles. The van der Waals surface area contributed by atoms with Crippen LogP contribution in [-0.4, -0.2) is 40.8 Å². The summed E-state index contributed by atoms with van der Waals surface area (Å²) in [4.78, 5) is 31.6. The van der Waals surface area contributed by atoms with E-state index in [0.717, 1.165) is 36.5 Å². The average molecular weight is 406 g/mol. The number of aromatic nitrogens is 1. The highest BCUT2D eigenvalue weighted by Crippen LogP contribution is 2.30. The van der Waals surface area contributed by atoms with Crippen LogP contribution in [0.2, 0.25) is 5.02 Å². The Hall–Kier alpha value is -1.92. The topological polar surface area (TPSA) is 62.3 Å². The molecular weight excluding hydrogens is 382 g/mol. The SMILES string of the molecule is CC(C)[C@H](NC(=O)Cc1csc(-c2ccccc2Cl)n1)C(=O)N1CCCC1. The van der Waals surface area contributed by atoms with E-state index in [9.17, 15) is 9.59 Å². The fourth-order valence-electron chi connectivity index (χ4n) is 3.18. The van der Waals surface area contributed by atoms with E-state index in [1.807, 2.05) is 48.4 Å². The number of benzene rings is 1. The predicted molar refractivity (Wildman–Crippen MR) is 109 cm³/mol. The third-order valence-corrected chi connectivity index (χ3v) is 5.92. The number of nitrogens with zero attached hydrogens (tertiary/aromatic N) is 2. The van der Waals surface area contributed by atoms with Crippen molar-refractivity contribution in [2.24, 2.45) is 5.92 Å². The highest BCUT2D eigenvalue weighted by atomic mass is 35.5. The monoisotopic (exact) mass is 405 g/mol. The lowest BCUT2D eigenvalue weighted by Gasteiger charge is -2.26. The van der Waals surface area contributed by atoms with Crippen LogP contribution in [0.4, 0.5) is 0 Å². The van der Waals surface area contributed by atoms with Crippen LogP contribution < -0.4 is 5.32 Å². The van der Waals surface area contributed by atoms with Crippen molar-refractivity contribution >= 4 is 34.8 Å². The minimum Gasteiger partial charge on any atom is -0.344 e. The molecule has 1 aliphatic rings. The molecule has 144 valence electrons. The van der Waals surface area contributed by atoms with Crippen LogP contribution in [0.25, 0.3) is 10.6 Å². The summed E-state index contributed by atoms with van der Waals surface area (Å²) < 4.78 is 0. The number of hydrogen-bond donors (Lipinski definition) is 1. The Morgan fingerprint density at radius 1 is 1.26 bits per heavy atom. The Bertz CT molecular complexity index is 815. The Morgan fingerprint density at radius 3 is 2.63 bits per heavy atom. The van der Waals surface area contributed by atoms with Crippen molar-refractivity contribution in [2.45, 2.75) is 39.2 Å². The van der Waals surface area contributed by atoms with Gasteiger partial charge in [-0.25, -0.2) is 4.98 Å². The van der Waals surface area contributed by atoms with Gasteiger partial charge in [-0.2, -0.15) is 0 Å². The maximum Gasteiger partial charge on any atom is 0.245 e. The molecule has 0 aliphatic carbocycles. The number of likely N-dealkylation sites (tertiary alicyclic amines) is 1. The molecule has 2 heterocycles. The van der Waals surface area contributed by atoms with Gasteiger partial charge in [0.05, 0.1) is 17.1 Å². The summed E-state index contributed by atoms with van der Waals surface area (Å²) in [6.07, 6.45) is 2.22. The lowest BCUT2D eigenvalue weighted by Crippen LogP contribution is -2.50. The van der Waals surface area contributed by atoms with Crippen molar-refractivity contribution in [2.75, 3.05) is 13.1 Å². The maximum absolute atomic E-state index is 12.7. The molecule has 0 bridgehead atoms. The van der Waals surface area contributed by atoms with Crippen molar-refractivity contribution in [3.05, 3.63) is 40.4 Å². The van der Waals surface area contributed by atoms with E-state index in [1.54, 1.807) is 0 Å². The Balaban J connectivity index is 1.64. The van der Waals surface area contributed by atoms with Crippen molar-refractivity contribution < 1.29 is 9.59 Å². The first kappa shape index (κ1) is 19.8. The zero-order valence-electron chi connectivity index (χ0n) is 15.6. The zero-order valence-corrected chi connectivity index (χ0v) is 17.1. The predicted octanol–water partition coefficient (Wildman–Crippen LogP) is 3.77. The number of rotatable bonds is 6. The molecule has 1 aromatic carbocycles. The van der Waals surface area contributed by atoms with Crippen molar-refractivity contribution in [1.82, 2.24) is 15.2 Å². The second-order valence-corrected chi connectivity index (χ2v) is 8.39. The van der Waals surface area contributed by atoms with Crippen LogP contribution in [0, 0.1) is 5.92 Å². The summed E-state index contributed by atoms with van der Waals surface area (Å²) >= 11 is 7.68. The summed E-state index contributed by atoms with van der Waals surface area (Å²) in [6.45, 7) is 5.48. The van der Waals surface area contributed by atoms with Crippen LogP contribution in [0.5, 0.6) is 0 Å². The van der Waals surface area contributed by atoms with Gasteiger partial charge in [0, 0.05) is 24.0 Å². The number of halogens is 1. The summed E-state index contributed by atoms with van der Waals surface area (Å²) in [5.41, 5.74) is 1.55. The third-order valence-electron chi connectivity index (χ3n) is 4.66. The van der Waals surface area contributed by atoms with E-state index in [0.29, 0.717) is 10.7 Å². The van der Waals surface area contributed by atoms with Gasteiger partial charge >= 0.3 is 0 Å². The van der Waals surface area contributed by atoms with Crippen LogP contribution in [0.1, 0.15) is 32.4 Å². The zero-order chi connectivity index (χ0) is 19.4. The van der Waals surface area contributed by atoms with Crippen LogP contribution >= 0.6 is 22.9 Å². The number of amides is 2. The molecule has 0 saturated carbocycles. The van der Waals surface area contributed by atoms with E-state index in [1.165, 1.54) is 11.3 Å². The molecule has 2 aromatic rings. The number of hydrogen-bond acceptors (Lipinski definition) is 4. The molecule has 3 rings (SSSR count). The Morgan fingerprint density at radius 2 is 1.96 bits per heavy atom. The first-order chi connectivity index (χ1) is 13.0. The van der Waals surface area contributed by atoms with E-state index in [-0.39, 0.29) is 24.2 Å². The lowest BCUT2D eigenvalue weighted by molar-refractivity contribution is -0.136. The van der Waals surface area contributed by atoms with Crippen molar-refractivity contribution in [3.63, 3.8) is 0 Å². The Labute approximate surface area is 168 Å². The summed E-state index contributed by atoms with van der Waals surface area (Å²) in [7, 11) is 0. The summed E-state index contributed by atoms with van der Waals surface area (Å²) in [5.74, 6) is -0.126. The molecule has 1 aromatic heterocycles. The molecule has 5 nitrogen and oxygen atoms in total. The number of thiazole rings is 1. The minimum atomic E-state index is -0.489. The van der Waals surface area contributed by atoms with Gasteiger partial charge in [0.25, 0.3) is 0 Å². The molecule has 0 radical (unpaired) electrons. The van der Waals surface area contributed by atoms with Gasteiger partial charge in [-0.3, -0.25) is 9.59 Å². The van der Waals surface area contributed by atoms with Gasteiger partial charge < -0.3 is 10.2 Å². The van der Waals surface area contributed by atoms with Gasteiger partial charge in [0.2, 0.25) is 11.8 Å². The average Bonchev–Trinajstić information content (AvgIpc) is 3.31. The van der Waals surface area contributed by atoms with Gasteiger partial charge in [-0.05, 0) is 24.8 Å². The van der Waals surface area contributed by atoms with Crippen molar-refractivity contribution in [3.8, 4) is 10.6 Å². The summed E-state index contributed by atoms with van der Waals surface area (Å²) in [6, 6.07) is 7.03. The largest absolute Gasteiger partial charge is 0.344 e. The fourth-order valence-corrected chi connectivity index (χ4v) is 4.32. The van der Waals surface area contributed by atoms with E-state index < -0.39 is 6.04 Å². The third kappa shape index (κ3) is 4.87. The molecule has 1 fully saturated rings. The van der Waals surface area contributed by atoms with Crippen LogP contribution in [0.15, 0.2) is 29.6 Å². The van der Waals surface area contributed by atoms with Crippen molar-refractivity contribution in [1.29, 1.82) is 0 Å². The van der Waals surface area contributed by atoms with Crippen LogP contribution in [0.3, 0.4) is 0 Å².